The Hall–Kier alpha value is -0.970. The molecule has 0 bridgehead atoms. The fraction of sp³-hybridized carbons (Fsp3) is 0.625. The largest absolute Gasteiger partial charge is 0.465 e. The molecular weight excluding hydrogens is 128 g/mol. The molecule has 0 aliphatic carbocycles. The number of terminal acetylenes is 1. The van der Waals surface area contributed by atoms with Gasteiger partial charge in [-0.25, -0.2) is 0 Å². The number of carbonyl (C=O) groups is 1. The predicted octanol–water partition coefficient (Wildman–Crippen LogP) is 1.21. The Labute approximate surface area is 61.6 Å². The van der Waals surface area contributed by atoms with Crippen LogP contribution >= 0.6 is 0 Å². The molecule has 0 saturated heterocycles. The summed E-state index contributed by atoms with van der Waals surface area (Å²) in [4.78, 5) is 10.9. The lowest BCUT2D eigenvalue weighted by molar-refractivity contribution is -0.150. The van der Waals surface area contributed by atoms with E-state index in [1.54, 1.807) is 20.8 Å². The van der Waals surface area contributed by atoms with Crippen molar-refractivity contribution in [3.05, 3.63) is 0 Å². The molecule has 10 heavy (non-hydrogen) atoms. The highest BCUT2D eigenvalue weighted by Crippen LogP contribution is 2.14. The van der Waals surface area contributed by atoms with Crippen LogP contribution in [0.4, 0.5) is 0 Å². The summed E-state index contributed by atoms with van der Waals surface area (Å²) in [5.74, 6) is 2.02. The maximum absolute atomic E-state index is 10.9. The molecule has 2 nitrogen and oxygen atoms in total. The molecule has 56 valence electrons. The summed E-state index contributed by atoms with van der Waals surface area (Å²) in [6.45, 7) is 5.45. The van der Waals surface area contributed by atoms with Crippen LogP contribution in [0.3, 0.4) is 0 Å². The summed E-state index contributed by atoms with van der Waals surface area (Å²) in [5.41, 5.74) is -0.782. The van der Waals surface area contributed by atoms with Gasteiger partial charge in [0.2, 0.25) is 0 Å². The second kappa shape index (κ2) is 3.26. The van der Waals surface area contributed by atoms with Crippen LogP contribution < -0.4 is 0 Å². The van der Waals surface area contributed by atoms with E-state index in [0.29, 0.717) is 6.61 Å². The quantitative estimate of drug-likeness (QED) is 0.425. The Balaban J connectivity index is 4.09. The predicted molar refractivity (Wildman–Crippen MR) is 39.2 cm³/mol. The summed E-state index contributed by atoms with van der Waals surface area (Å²) in [7, 11) is 0. The molecular formula is C8H12O2. The van der Waals surface area contributed by atoms with Crippen LogP contribution in [0, 0.1) is 17.8 Å². The number of hydrogen-bond acceptors (Lipinski definition) is 2. The van der Waals surface area contributed by atoms with Crippen LogP contribution in [0.2, 0.25) is 0 Å². The lowest BCUT2D eigenvalue weighted by Crippen LogP contribution is -2.24. The van der Waals surface area contributed by atoms with Crippen molar-refractivity contribution in [2.24, 2.45) is 5.41 Å². The van der Waals surface area contributed by atoms with E-state index in [-0.39, 0.29) is 5.97 Å². The smallest absolute Gasteiger partial charge is 0.323 e. The highest BCUT2D eigenvalue weighted by atomic mass is 16.5. The fourth-order valence-corrected chi connectivity index (χ4v) is 0.370. The molecule has 0 aromatic rings. The SMILES string of the molecule is C#CC(C)(C)C(=O)OCC. The molecule has 0 unspecified atom stereocenters. The van der Waals surface area contributed by atoms with E-state index in [1.165, 1.54) is 0 Å². The van der Waals surface area contributed by atoms with Gasteiger partial charge in [-0.2, -0.15) is 0 Å². The third-order valence-electron chi connectivity index (χ3n) is 1.15. The second-order valence-corrected chi connectivity index (χ2v) is 2.49. The Morgan fingerprint density at radius 1 is 1.70 bits per heavy atom. The first kappa shape index (κ1) is 9.03. The molecule has 0 aliphatic rings. The fourth-order valence-electron chi connectivity index (χ4n) is 0.370. The molecule has 0 radical (unpaired) electrons. The van der Waals surface area contributed by atoms with Crippen LogP contribution in [-0.4, -0.2) is 12.6 Å². The first-order valence-electron chi connectivity index (χ1n) is 3.19. The monoisotopic (exact) mass is 140 g/mol. The minimum atomic E-state index is -0.782. The van der Waals surface area contributed by atoms with Crippen molar-refractivity contribution in [3.8, 4) is 12.3 Å². The van der Waals surface area contributed by atoms with Crippen molar-refractivity contribution >= 4 is 5.97 Å². The van der Waals surface area contributed by atoms with E-state index < -0.39 is 5.41 Å². The maximum Gasteiger partial charge on any atom is 0.323 e. The van der Waals surface area contributed by atoms with Crippen molar-refractivity contribution in [3.63, 3.8) is 0 Å². The molecule has 0 atom stereocenters. The van der Waals surface area contributed by atoms with Gasteiger partial charge in [0.25, 0.3) is 0 Å². The van der Waals surface area contributed by atoms with Crippen LogP contribution in [0.25, 0.3) is 0 Å². The van der Waals surface area contributed by atoms with E-state index in [2.05, 4.69) is 5.92 Å². The molecule has 0 aromatic heterocycles. The molecule has 0 aliphatic heterocycles. The molecule has 0 saturated carbocycles. The van der Waals surface area contributed by atoms with Gasteiger partial charge >= 0.3 is 5.97 Å². The Morgan fingerprint density at radius 3 is 2.50 bits per heavy atom. The minimum Gasteiger partial charge on any atom is -0.465 e. The van der Waals surface area contributed by atoms with E-state index >= 15 is 0 Å². The maximum atomic E-state index is 10.9. The van der Waals surface area contributed by atoms with Gasteiger partial charge in [0.1, 0.15) is 5.41 Å². The van der Waals surface area contributed by atoms with Gasteiger partial charge in [0, 0.05) is 0 Å². The van der Waals surface area contributed by atoms with Gasteiger partial charge in [-0.15, -0.1) is 6.42 Å². The Bertz CT molecular complexity index is 163. The zero-order valence-electron chi connectivity index (χ0n) is 6.60. The van der Waals surface area contributed by atoms with Crippen LogP contribution in [0.5, 0.6) is 0 Å². The molecule has 0 rings (SSSR count). The van der Waals surface area contributed by atoms with E-state index in [1.807, 2.05) is 0 Å². The van der Waals surface area contributed by atoms with Crippen LogP contribution in [0.1, 0.15) is 20.8 Å². The summed E-state index contributed by atoms with van der Waals surface area (Å²) >= 11 is 0. The lowest BCUT2D eigenvalue weighted by Gasteiger charge is -2.14. The topological polar surface area (TPSA) is 26.3 Å². The highest BCUT2D eigenvalue weighted by Gasteiger charge is 2.25. The molecule has 0 aromatic carbocycles. The third kappa shape index (κ3) is 2.10. The van der Waals surface area contributed by atoms with E-state index in [4.69, 9.17) is 11.2 Å². The number of hydrogen-bond donors (Lipinski definition) is 0. The van der Waals surface area contributed by atoms with Crippen LogP contribution in [-0.2, 0) is 9.53 Å². The Kier molecular flexibility index (Phi) is 2.95. The van der Waals surface area contributed by atoms with Crippen molar-refractivity contribution in [1.82, 2.24) is 0 Å². The van der Waals surface area contributed by atoms with Crippen LogP contribution in [0.15, 0.2) is 0 Å². The van der Waals surface area contributed by atoms with Crippen molar-refractivity contribution < 1.29 is 9.53 Å². The second-order valence-electron chi connectivity index (χ2n) is 2.49. The number of rotatable bonds is 2. The van der Waals surface area contributed by atoms with Gasteiger partial charge in [0.05, 0.1) is 6.61 Å². The first-order chi connectivity index (χ1) is 4.54. The molecule has 2 heteroatoms. The molecule has 0 heterocycles. The molecule has 0 amide bonds. The number of ether oxygens (including phenoxy) is 1. The summed E-state index contributed by atoms with van der Waals surface area (Å²) in [5, 5.41) is 0. The first-order valence-corrected chi connectivity index (χ1v) is 3.19. The Morgan fingerprint density at radius 2 is 2.20 bits per heavy atom. The zero-order chi connectivity index (χ0) is 8.20. The summed E-state index contributed by atoms with van der Waals surface area (Å²) in [6.07, 6.45) is 5.09. The highest BCUT2D eigenvalue weighted by molar-refractivity contribution is 5.79. The average molecular weight is 140 g/mol. The van der Waals surface area contributed by atoms with Gasteiger partial charge in [0.15, 0.2) is 0 Å². The average Bonchev–Trinajstić information content (AvgIpc) is 1.89. The van der Waals surface area contributed by atoms with Crippen molar-refractivity contribution in [2.45, 2.75) is 20.8 Å². The molecule has 0 N–H and O–H groups in total. The molecule has 0 fully saturated rings. The summed E-state index contributed by atoms with van der Waals surface area (Å²) in [6, 6.07) is 0. The van der Waals surface area contributed by atoms with Crippen molar-refractivity contribution in [2.75, 3.05) is 6.61 Å². The van der Waals surface area contributed by atoms with E-state index in [9.17, 15) is 4.79 Å². The van der Waals surface area contributed by atoms with E-state index in [0.717, 1.165) is 0 Å². The third-order valence-corrected chi connectivity index (χ3v) is 1.15. The zero-order valence-corrected chi connectivity index (χ0v) is 6.60. The number of esters is 1. The van der Waals surface area contributed by atoms with Gasteiger partial charge < -0.3 is 4.74 Å². The molecule has 0 spiro atoms. The van der Waals surface area contributed by atoms with Gasteiger partial charge in [-0.1, -0.05) is 5.92 Å². The van der Waals surface area contributed by atoms with Crippen molar-refractivity contribution in [1.29, 1.82) is 0 Å². The van der Waals surface area contributed by atoms with Gasteiger partial charge in [-0.3, -0.25) is 4.79 Å². The number of carbonyl (C=O) groups excluding carboxylic acids is 1. The normalized spacial score (nSPS) is 10.2. The van der Waals surface area contributed by atoms with Gasteiger partial charge in [-0.05, 0) is 20.8 Å². The minimum absolute atomic E-state index is 0.336. The lowest BCUT2D eigenvalue weighted by atomic mass is 9.95. The summed E-state index contributed by atoms with van der Waals surface area (Å²) < 4.78 is 4.72. The standard InChI is InChI=1S/C8H12O2/c1-5-8(3,4)7(9)10-6-2/h1H,6H2,2-4H3.